The molecule has 1 heterocycles. The van der Waals surface area contributed by atoms with Gasteiger partial charge in [0.15, 0.2) is 11.6 Å². The van der Waals surface area contributed by atoms with E-state index in [-0.39, 0.29) is 23.2 Å². The summed E-state index contributed by atoms with van der Waals surface area (Å²) < 4.78 is 0. The smallest absolute Gasteiger partial charge is 0.228 e. The Bertz CT molecular complexity index is 1020. The van der Waals surface area contributed by atoms with Gasteiger partial charge in [0.1, 0.15) is 11.6 Å². The summed E-state index contributed by atoms with van der Waals surface area (Å²) in [6.45, 7) is 0. The van der Waals surface area contributed by atoms with Crippen LogP contribution in [0.25, 0.3) is 22.6 Å². The van der Waals surface area contributed by atoms with Gasteiger partial charge in [0.2, 0.25) is 5.91 Å². The van der Waals surface area contributed by atoms with Crippen molar-refractivity contribution < 1.29 is 4.79 Å². The number of nitrogens with zero attached hydrogens (tertiary/aromatic N) is 3. The second-order valence-corrected chi connectivity index (χ2v) is 6.93. The molecule has 0 atom stereocenters. The lowest BCUT2D eigenvalue weighted by molar-refractivity contribution is -0.119. The molecule has 0 bridgehead atoms. The van der Waals surface area contributed by atoms with Crippen molar-refractivity contribution in [3.8, 4) is 28.7 Å². The molecule has 1 amide bonds. The third-order valence-corrected chi connectivity index (χ3v) is 5.07. The van der Waals surface area contributed by atoms with Crippen molar-refractivity contribution in [1.82, 2.24) is 9.97 Å². The van der Waals surface area contributed by atoms with Crippen molar-refractivity contribution in [3.05, 3.63) is 66.2 Å². The molecule has 1 saturated carbocycles. The second-order valence-electron chi connectivity index (χ2n) is 6.93. The van der Waals surface area contributed by atoms with Gasteiger partial charge in [0, 0.05) is 17.0 Å². The number of benzene rings is 2. The number of anilines is 1. The quantitative estimate of drug-likeness (QED) is 0.717. The molecule has 138 valence electrons. The summed E-state index contributed by atoms with van der Waals surface area (Å²) >= 11 is 0. The van der Waals surface area contributed by atoms with E-state index in [0.717, 1.165) is 36.8 Å². The van der Waals surface area contributed by atoms with Crippen LogP contribution in [0, 0.1) is 17.2 Å². The Kier molecular flexibility index (Phi) is 5.11. The first kappa shape index (κ1) is 17.9. The van der Waals surface area contributed by atoms with Crippen LogP contribution in [-0.2, 0) is 4.79 Å². The number of carbonyl (C=O) groups excluding carboxylic acids is 1. The van der Waals surface area contributed by atoms with Crippen molar-refractivity contribution in [2.24, 2.45) is 5.92 Å². The van der Waals surface area contributed by atoms with Crippen molar-refractivity contribution >= 4 is 11.7 Å². The highest BCUT2D eigenvalue weighted by Crippen LogP contribution is 2.31. The predicted octanol–water partition coefficient (Wildman–Crippen LogP) is 4.81. The normalized spacial score (nSPS) is 13.8. The maximum atomic E-state index is 12.7. The van der Waals surface area contributed by atoms with Crippen LogP contribution in [0.15, 0.2) is 60.7 Å². The molecule has 2 aromatic carbocycles. The van der Waals surface area contributed by atoms with Crippen LogP contribution in [0.3, 0.4) is 0 Å². The summed E-state index contributed by atoms with van der Waals surface area (Å²) in [6.07, 6.45) is 3.90. The Morgan fingerprint density at radius 3 is 2.14 bits per heavy atom. The first-order valence-corrected chi connectivity index (χ1v) is 9.50. The molecule has 5 heteroatoms. The van der Waals surface area contributed by atoms with E-state index in [1.54, 1.807) is 0 Å². The van der Waals surface area contributed by atoms with Crippen molar-refractivity contribution in [3.63, 3.8) is 0 Å². The summed E-state index contributed by atoms with van der Waals surface area (Å²) in [5, 5.41) is 12.7. The van der Waals surface area contributed by atoms with Gasteiger partial charge in [-0.2, -0.15) is 5.26 Å². The number of aromatic nitrogens is 2. The van der Waals surface area contributed by atoms with Crippen LogP contribution in [-0.4, -0.2) is 15.9 Å². The highest BCUT2D eigenvalue weighted by Gasteiger charge is 2.25. The molecule has 1 aliphatic rings. The summed E-state index contributed by atoms with van der Waals surface area (Å²) in [5.41, 5.74) is 2.46. The SMILES string of the molecule is N#Cc1c(NC(=O)C2CCCC2)nc(-c2ccccc2)nc1-c1ccccc1. The molecule has 0 spiro atoms. The largest absolute Gasteiger partial charge is 0.309 e. The van der Waals surface area contributed by atoms with Gasteiger partial charge in [-0.15, -0.1) is 0 Å². The minimum Gasteiger partial charge on any atom is -0.309 e. The van der Waals surface area contributed by atoms with Crippen molar-refractivity contribution in [2.45, 2.75) is 25.7 Å². The summed E-state index contributed by atoms with van der Waals surface area (Å²) in [6, 6.07) is 21.3. The minimum absolute atomic E-state index is 0.0122. The van der Waals surface area contributed by atoms with E-state index in [1.807, 2.05) is 60.7 Å². The molecule has 0 unspecified atom stereocenters. The maximum absolute atomic E-state index is 12.7. The van der Waals surface area contributed by atoms with Crippen molar-refractivity contribution in [2.75, 3.05) is 5.32 Å². The fourth-order valence-electron chi connectivity index (χ4n) is 3.59. The lowest BCUT2D eigenvalue weighted by Crippen LogP contribution is -2.22. The molecule has 1 N–H and O–H groups in total. The monoisotopic (exact) mass is 368 g/mol. The number of hydrogen-bond donors (Lipinski definition) is 1. The van der Waals surface area contributed by atoms with Gasteiger partial charge in [-0.3, -0.25) is 4.79 Å². The van der Waals surface area contributed by atoms with Gasteiger partial charge in [-0.05, 0) is 12.8 Å². The molecule has 3 aromatic rings. The molecule has 1 aliphatic carbocycles. The van der Waals surface area contributed by atoms with E-state index in [9.17, 15) is 10.1 Å². The third kappa shape index (κ3) is 3.63. The van der Waals surface area contributed by atoms with Crippen molar-refractivity contribution in [1.29, 1.82) is 5.26 Å². The molecule has 4 rings (SSSR count). The van der Waals surface area contributed by atoms with Crippen LogP contribution >= 0.6 is 0 Å². The molecule has 0 saturated heterocycles. The number of hydrogen-bond acceptors (Lipinski definition) is 4. The topological polar surface area (TPSA) is 78.7 Å². The van der Waals surface area contributed by atoms with Crippen LogP contribution in [0.1, 0.15) is 31.2 Å². The first-order valence-electron chi connectivity index (χ1n) is 9.50. The second kappa shape index (κ2) is 8.01. The zero-order chi connectivity index (χ0) is 19.3. The van der Waals surface area contributed by atoms with E-state index < -0.39 is 0 Å². The predicted molar refractivity (Wildman–Crippen MR) is 108 cm³/mol. The Balaban J connectivity index is 1.83. The number of nitriles is 1. The Labute approximate surface area is 164 Å². The van der Waals surface area contributed by atoms with Gasteiger partial charge >= 0.3 is 0 Å². The molecule has 1 aromatic heterocycles. The van der Waals surface area contributed by atoms with E-state index in [4.69, 9.17) is 0 Å². The lowest BCUT2D eigenvalue weighted by Gasteiger charge is -2.14. The van der Waals surface area contributed by atoms with E-state index in [1.165, 1.54) is 0 Å². The van der Waals surface area contributed by atoms with E-state index in [2.05, 4.69) is 21.4 Å². The molecule has 28 heavy (non-hydrogen) atoms. The molecular weight excluding hydrogens is 348 g/mol. The standard InChI is InChI=1S/C23H20N4O/c24-15-19-20(16-9-3-1-4-10-16)25-21(17-11-5-2-6-12-17)26-22(19)27-23(28)18-13-7-8-14-18/h1-6,9-12,18H,7-8,13-14H2,(H,25,26,27,28). The number of nitrogens with one attached hydrogen (secondary N) is 1. The zero-order valence-electron chi connectivity index (χ0n) is 15.4. The molecule has 0 radical (unpaired) electrons. The average molecular weight is 368 g/mol. The molecule has 1 fully saturated rings. The summed E-state index contributed by atoms with van der Waals surface area (Å²) in [4.78, 5) is 21.9. The van der Waals surface area contributed by atoms with Gasteiger partial charge in [-0.25, -0.2) is 9.97 Å². The fourth-order valence-corrected chi connectivity index (χ4v) is 3.59. The van der Waals surface area contributed by atoms with Gasteiger partial charge < -0.3 is 5.32 Å². The average Bonchev–Trinajstić information content (AvgIpc) is 3.29. The Morgan fingerprint density at radius 2 is 1.54 bits per heavy atom. The number of amides is 1. The molecule has 5 nitrogen and oxygen atoms in total. The molecule has 0 aliphatic heterocycles. The third-order valence-electron chi connectivity index (χ3n) is 5.07. The van der Waals surface area contributed by atoms with E-state index in [0.29, 0.717) is 11.5 Å². The highest BCUT2D eigenvalue weighted by atomic mass is 16.1. The van der Waals surface area contributed by atoms with Crippen LogP contribution in [0.4, 0.5) is 5.82 Å². The summed E-state index contributed by atoms with van der Waals surface area (Å²) in [7, 11) is 0. The van der Waals surface area contributed by atoms with Gasteiger partial charge in [0.25, 0.3) is 0 Å². The number of carbonyl (C=O) groups is 1. The Morgan fingerprint density at radius 1 is 0.929 bits per heavy atom. The lowest BCUT2D eigenvalue weighted by atomic mass is 10.0. The fraction of sp³-hybridized carbons (Fsp3) is 0.217. The Hall–Kier alpha value is -3.52. The molecular formula is C23H20N4O. The van der Waals surface area contributed by atoms with E-state index >= 15 is 0 Å². The van der Waals surface area contributed by atoms with Crippen LogP contribution in [0.5, 0.6) is 0 Å². The van der Waals surface area contributed by atoms with Gasteiger partial charge in [-0.1, -0.05) is 73.5 Å². The highest BCUT2D eigenvalue weighted by molar-refractivity contribution is 5.94. The van der Waals surface area contributed by atoms with Crippen LogP contribution < -0.4 is 5.32 Å². The maximum Gasteiger partial charge on any atom is 0.228 e. The van der Waals surface area contributed by atoms with Crippen LogP contribution in [0.2, 0.25) is 0 Å². The summed E-state index contributed by atoms with van der Waals surface area (Å²) in [5.74, 6) is 0.694. The zero-order valence-corrected chi connectivity index (χ0v) is 15.4. The first-order chi connectivity index (χ1) is 13.8. The number of rotatable bonds is 4. The minimum atomic E-state index is -0.0641. The van der Waals surface area contributed by atoms with Gasteiger partial charge in [0.05, 0.1) is 5.69 Å².